The maximum absolute atomic E-state index is 13.7. The third-order valence-corrected chi connectivity index (χ3v) is 10.1. The number of guanidine groups is 1. The van der Waals surface area contributed by atoms with Crippen LogP contribution < -0.4 is 21.7 Å². The van der Waals surface area contributed by atoms with Gasteiger partial charge in [0, 0.05) is 37.2 Å². The molecule has 0 bridgehead atoms. The summed E-state index contributed by atoms with van der Waals surface area (Å²) < 4.78 is 1.05. The predicted molar refractivity (Wildman–Crippen MR) is 175 cm³/mol. The predicted octanol–water partition coefficient (Wildman–Crippen LogP) is 5.77. The summed E-state index contributed by atoms with van der Waals surface area (Å²) in [4.78, 5) is 22.3. The zero-order valence-electron chi connectivity index (χ0n) is 24.7. The smallest absolute Gasteiger partial charge is 0.208 e. The Morgan fingerprint density at radius 3 is 2.83 bits per heavy atom. The zero-order chi connectivity index (χ0) is 28.6. The van der Waals surface area contributed by atoms with Gasteiger partial charge in [-0.3, -0.25) is 9.79 Å². The number of aliphatic imine (C=N–C) groups is 1. The molecule has 4 atom stereocenters. The fraction of sp³-hybridized carbons (Fsp3) is 0.645. The van der Waals surface area contributed by atoms with Gasteiger partial charge in [0.05, 0.1) is 16.3 Å². The number of unbranched alkanes of at least 4 members (excludes halogenated alkanes) is 1. The minimum atomic E-state index is -0.293. The van der Waals surface area contributed by atoms with Gasteiger partial charge in [-0.15, -0.1) is 11.3 Å². The van der Waals surface area contributed by atoms with E-state index in [0.29, 0.717) is 35.2 Å². The summed E-state index contributed by atoms with van der Waals surface area (Å²) in [7, 11) is 1.67. The first-order chi connectivity index (χ1) is 19.5. The standard InChI is InChI=1S/C31H50N6OS2/c1-4-23(2)39-22-25(34-19-11-10-15-24-13-6-5-7-14-24)21-36-27(17-12-20-35-31(32)33-3)29(38)30-37-26-16-8-9-18-28(26)40-30/h6,8-9,13,16,18,23-25,27,34,36H,4-5,7,10-12,14-15,17,19-22H2,1-3H3,(H3,32,33,35)/t23-,24?,25+,27?/m0/s1. The highest BCUT2D eigenvalue weighted by atomic mass is 32.2. The number of thioether (sulfide) groups is 1. The van der Waals surface area contributed by atoms with Gasteiger partial charge in [0.1, 0.15) is 0 Å². The van der Waals surface area contributed by atoms with Crippen LogP contribution in [-0.4, -0.2) is 66.5 Å². The Hall–Kier alpha value is -1.94. The van der Waals surface area contributed by atoms with E-state index >= 15 is 0 Å². The molecule has 2 aromatic rings. The van der Waals surface area contributed by atoms with Crippen molar-refractivity contribution >= 4 is 45.1 Å². The SMILES string of the molecule is CC[C@H](C)SC[C@@H](CNC(CCCNC(N)=NC)C(=O)c1nc2ccccc2s1)NCCCCC1C=CCCC1. The quantitative estimate of drug-likeness (QED) is 0.0545. The molecule has 0 aliphatic heterocycles. The van der Waals surface area contributed by atoms with Crippen LogP contribution in [-0.2, 0) is 0 Å². The molecule has 2 unspecified atom stereocenters. The van der Waals surface area contributed by atoms with Crippen molar-refractivity contribution in [2.45, 2.75) is 89.0 Å². The minimum Gasteiger partial charge on any atom is -0.370 e. The van der Waals surface area contributed by atoms with Gasteiger partial charge in [-0.2, -0.15) is 11.8 Å². The maximum atomic E-state index is 13.7. The zero-order valence-corrected chi connectivity index (χ0v) is 26.3. The van der Waals surface area contributed by atoms with E-state index in [0.717, 1.165) is 47.8 Å². The molecule has 1 aliphatic carbocycles. The van der Waals surface area contributed by atoms with E-state index in [2.05, 4.69) is 51.9 Å². The number of carbonyl (C=O) groups is 1. The van der Waals surface area contributed by atoms with Crippen molar-refractivity contribution in [3.05, 3.63) is 41.4 Å². The van der Waals surface area contributed by atoms with Crippen molar-refractivity contribution in [3.63, 3.8) is 0 Å². The van der Waals surface area contributed by atoms with Gasteiger partial charge >= 0.3 is 0 Å². The first-order valence-corrected chi connectivity index (χ1v) is 17.0. The fourth-order valence-corrected chi connectivity index (χ4v) is 6.88. The summed E-state index contributed by atoms with van der Waals surface area (Å²) >= 11 is 3.50. The summed E-state index contributed by atoms with van der Waals surface area (Å²) in [5.41, 5.74) is 6.68. The molecule has 0 amide bonds. The van der Waals surface area contributed by atoms with E-state index in [9.17, 15) is 4.79 Å². The first kappa shape index (κ1) is 32.6. The number of carbonyl (C=O) groups excluding carboxylic acids is 1. The number of benzene rings is 1. The van der Waals surface area contributed by atoms with E-state index in [1.807, 2.05) is 36.0 Å². The molecule has 0 fully saturated rings. The monoisotopic (exact) mass is 586 g/mol. The van der Waals surface area contributed by atoms with Crippen LogP contribution in [0, 0.1) is 5.92 Å². The summed E-state index contributed by atoms with van der Waals surface area (Å²) in [5, 5.41) is 11.8. The van der Waals surface area contributed by atoms with Crippen molar-refractivity contribution in [3.8, 4) is 0 Å². The molecule has 9 heteroatoms. The fourth-order valence-electron chi connectivity index (χ4n) is 4.89. The third kappa shape index (κ3) is 11.5. The Kier molecular flexibility index (Phi) is 15.1. The first-order valence-electron chi connectivity index (χ1n) is 15.1. The van der Waals surface area contributed by atoms with Crippen molar-refractivity contribution in [1.29, 1.82) is 0 Å². The highest BCUT2D eigenvalue weighted by molar-refractivity contribution is 7.99. The lowest BCUT2D eigenvalue weighted by Gasteiger charge is -2.24. The van der Waals surface area contributed by atoms with Gasteiger partial charge in [0.2, 0.25) is 5.78 Å². The number of rotatable bonds is 19. The topological polar surface area (TPSA) is 104 Å². The largest absolute Gasteiger partial charge is 0.370 e. The van der Waals surface area contributed by atoms with Crippen LogP contribution in [0.5, 0.6) is 0 Å². The van der Waals surface area contributed by atoms with E-state index < -0.39 is 0 Å². The molecule has 7 nitrogen and oxygen atoms in total. The summed E-state index contributed by atoms with van der Waals surface area (Å²) in [6.07, 6.45) is 15.1. The van der Waals surface area contributed by atoms with Crippen LogP contribution in [0.15, 0.2) is 41.4 Å². The van der Waals surface area contributed by atoms with Crippen molar-refractivity contribution < 1.29 is 4.79 Å². The number of ketones is 1. The number of hydrogen-bond donors (Lipinski definition) is 4. The summed E-state index contributed by atoms with van der Waals surface area (Å²) in [6.45, 7) is 6.98. The molecule has 1 aliphatic rings. The normalized spacial score (nSPS) is 18.1. The van der Waals surface area contributed by atoms with E-state index in [1.54, 1.807) is 7.05 Å². The molecule has 1 aromatic carbocycles. The number of Topliss-reactive ketones (excluding diaryl/α,β-unsaturated/α-hetero) is 1. The molecule has 0 saturated heterocycles. The van der Waals surface area contributed by atoms with E-state index in [1.165, 1.54) is 49.9 Å². The number of nitrogens with two attached hydrogens (primary N) is 1. The molecule has 1 heterocycles. The number of allylic oxidation sites excluding steroid dienone is 2. The average molecular weight is 587 g/mol. The minimum absolute atomic E-state index is 0.0761. The molecule has 3 rings (SSSR count). The average Bonchev–Trinajstić information content (AvgIpc) is 3.43. The van der Waals surface area contributed by atoms with Gasteiger partial charge in [-0.1, -0.05) is 44.6 Å². The highest BCUT2D eigenvalue weighted by Gasteiger charge is 2.24. The number of nitrogens with zero attached hydrogens (tertiary/aromatic N) is 2. The Bertz CT molecular complexity index is 1040. The van der Waals surface area contributed by atoms with Gasteiger partial charge in [-0.05, 0) is 76.0 Å². The molecule has 1 aromatic heterocycles. The Morgan fingerprint density at radius 1 is 1.23 bits per heavy atom. The van der Waals surface area contributed by atoms with Gasteiger partial charge in [-0.25, -0.2) is 4.98 Å². The third-order valence-electron chi connectivity index (χ3n) is 7.59. The van der Waals surface area contributed by atoms with E-state index in [-0.39, 0.29) is 11.8 Å². The highest BCUT2D eigenvalue weighted by Crippen LogP contribution is 2.24. The molecule has 222 valence electrons. The van der Waals surface area contributed by atoms with Crippen LogP contribution >= 0.6 is 23.1 Å². The van der Waals surface area contributed by atoms with Gasteiger partial charge < -0.3 is 21.7 Å². The number of thiazole rings is 1. The number of hydrogen-bond acceptors (Lipinski definition) is 7. The van der Waals surface area contributed by atoms with Gasteiger partial charge in [0.25, 0.3) is 0 Å². The Labute approximate surface area is 249 Å². The molecule has 40 heavy (non-hydrogen) atoms. The Balaban J connectivity index is 1.58. The number of aromatic nitrogens is 1. The van der Waals surface area contributed by atoms with Crippen molar-refractivity contribution in [2.24, 2.45) is 16.6 Å². The maximum Gasteiger partial charge on any atom is 0.208 e. The number of nitrogens with one attached hydrogen (secondary N) is 3. The van der Waals surface area contributed by atoms with Crippen LogP contribution in [0.1, 0.15) is 81.4 Å². The molecule has 5 N–H and O–H groups in total. The lowest BCUT2D eigenvalue weighted by atomic mass is 9.91. The lowest BCUT2D eigenvalue weighted by Crippen LogP contribution is -2.47. The number of fused-ring (bicyclic) bond motifs is 1. The second-order valence-electron chi connectivity index (χ2n) is 10.8. The molecule has 0 radical (unpaired) electrons. The lowest BCUT2D eigenvalue weighted by molar-refractivity contribution is 0.0935. The second-order valence-corrected chi connectivity index (χ2v) is 13.3. The molecule has 0 spiro atoms. The van der Waals surface area contributed by atoms with Gasteiger partial charge in [0.15, 0.2) is 11.0 Å². The molecule has 0 saturated carbocycles. The molecular weight excluding hydrogens is 537 g/mol. The van der Waals surface area contributed by atoms with Crippen LogP contribution in [0.2, 0.25) is 0 Å². The van der Waals surface area contributed by atoms with Crippen molar-refractivity contribution in [2.75, 3.05) is 32.4 Å². The Morgan fingerprint density at radius 2 is 2.08 bits per heavy atom. The molecular formula is C31H50N6OS2. The van der Waals surface area contributed by atoms with E-state index in [4.69, 9.17) is 5.73 Å². The van der Waals surface area contributed by atoms with Crippen LogP contribution in [0.3, 0.4) is 0 Å². The summed E-state index contributed by atoms with van der Waals surface area (Å²) in [6, 6.07) is 7.97. The summed E-state index contributed by atoms with van der Waals surface area (Å²) in [5.74, 6) is 2.30. The van der Waals surface area contributed by atoms with Crippen molar-refractivity contribution in [1.82, 2.24) is 20.9 Å². The van der Waals surface area contributed by atoms with Crippen LogP contribution in [0.4, 0.5) is 0 Å². The van der Waals surface area contributed by atoms with Crippen LogP contribution in [0.25, 0.3) is 10.2 Å². The second kappa shape index (κ2) is 18.5. The number of para-hydroxylation sites is 1.